The van der Waals surface area contributed by atoms with Crippen molar-refractivity contribution in [2.24, 2.45) is 0 Å². The lowest BCUT2D eigenvalue weighted by Crippen LogP contribution is -2.30. The number of carbonyl (C=O) groups is 1. The van der Waals surface area contributed by atoms with Gasteiger partial charge in [0.15, 0.2) is 0 Å². The maximum absolute atomic E-state index is 11.9. The number of fused-ring (bicyclic) bond motifs is 1. The van der Waals surface area contributed by atoms with Crippen LogP contribution in [0.1, 0.15) is 58.9 Å². The van der Waals surface area contributed by atoms with Crippen molar-refractivity contribution in [1.82, 2.24) is 4.31 Å². The van der Waals surface area contributed by atoms with Gasteiger partial charge in [0.2, 0.25) is 0 Å². The highest BCUT2D eigenvalue weighted by molar-refractivity contribution is 8.75. The van der Waals surface area contributed by atoms with Crippen molar-refractivity contribution >= 4 is 33.6 Å². The first-order chi connectivity index (χ1) is 12.9. The Morgan fingerprint density at radius 2 is 1.89 bits per heavy atom. The number of anilines is 1. The smallest absolute Gasteiger partial charge is 0.412 e. The molecule has 7 heteroatoms. The lowest BCUT2D eigenvalue weighted by molar-refractivity contribution is 0.138. The molecule has 0 saturated carbocycles. The van der Waals surface area contributed by atoms with E-state index < -0.39 is 6.09 Å². The Balaban J connectivity index is 2.03. The number of ether oxygens (including phenoxy) is 1. The lowest BCUT2D eigenvalue weighted by Gasteiger charge is -2.25. The average molecular weight is 413 g/mol. The molecule has 0 bridgehead atoms. The zero-order chi connectivity index (χ0) is 19.9. The molecule has 0 radical (unpaired) electrons. The zero-order valence-corrected chi connectivity index (χ0v) is 18.5. The molecule has 1 aliphatic heterocycles. The van der Waals surface area contributed by atoms with Gasteiger partial charge in [0.25, 0.3) is 0 Å². The van der Waals surface area contributed by atoms with Gasteiger partial charge >= 0.3 is 6.09 Å². The van der Waals surface area contributed by atoms with E-state index in [-0.39, 0.29) is 5.60 Å². The fourth-order valence-electron chi connectivity index (χ4n) is 3.05. The highest BCUT2D eigenvalue weighted by atomic mass is 33.1. The predicted octanol–water partition coefficient (Wildman–Crippen LogP) is 6.04. The van der Waals surface area contributed by atoms with E-state index in [1.807, 2.05) is 32.0 Å². The second-order valence-electron chi connectivity index (χ2n) is 7.47. The summed E-state index contributed by atoms with van der Waals surface area (Å²) in [7, 11) is 3.25. The zero-order valence-electron chi connectivity index (χ0n) is 16.9. The molecule has 0 aromatic heterocycles. The monoisotopic (exact) mass is 412 g/mol. The Labute approximate surface area is 171 Å². The third-order valence-corrected chi connectivity index (χ3v) is 6.76. The summed E-state index contributed by atoms with van der Waals surface area (Å²) >= 11 is 0. The standard InChI is InChI=1S/C20H32N2O3S2/c1-5-7-12-21(13-8-6-2)27-26-15-22(19(23)24)17-11-9-10-16-14-20(3,4)25-18(16)17/h9-11H,5-8,12-15H2,1-4H3,(H,23,24). The van der Waals surface area contributed by atoms with Crippen LogP contribution in [0.3, 0.4) is 0 Å². The highest BCUT2D eigenvalue weighted by Gasteiger charge is 2.34. The van der Waals surface area contributed by atoms with Gasteiger partial charge in [-0.1, -0.05) is 49.6 Å². The first kappa shape index (κ1) is 22.2. The molecular weight excluding hydrogens is 380 g/mol. The number of para-hydroxylation sites is 1. The van der Waals surface area contributed by atoms with E-state index >= 15 is 0 Å². The summed E-state index contributed by atoms with van der Waals surface area (Å²) in [6.45, 7) is 10.5. The van der Waals surface area contributed by atoms with E-state index in [9.17, 15) is 9.90 Å². The minimum atomic E-state index is -0.946. The predicted molar refractivity (Wildman–Crippen MR) is 117 cm³/mol. The summed E-state index contributed by atoms with van der Waals surface area (Å²) in [5, 5.41) is 9.77. The molecule has 1 amide bonds. The van der Waals surface area contributed by atoms with Crippen LogP contribution in [0.25, 0.3) is 0 Å². The lowest BCUT2D eigenvalue weighted by atomic mass is 10.0. The van der Waals surface area contributed by atoms with Crippen molar-refractivity contribution in [2.45, 2.75) is 65.4 Å². The second-order valence-corrected chi connectivity index (χ2v) is 9.79. The molecule has 1 aromatic carbocycles. The Bertz CT molecular complexity index is 617. The fourth-order valence-corrected chi connectivity index (χ4v) is 5.36. The van der Waals surface area contributed by atoms with Crippen LogP contribution in [0.2, 0.25) is 0 Å². The Kier molecular flexibility index (Phi) is 8.63. The van der Waals surface area contributed by atoms with Crippen molar-refractivity contribution in [3.8, 4) is 5.75 Å². The Morgan fingerprint density at radius 1 is 1.22 bits per heavy atom. The van der Waals surface area contributed by atoms with E-state index in [0.29, 0.717) is 17.3 Å². The summed E-state index contributed by atoms with van der Waals surface area (Å²) in [6.07, 6.45) is 4.51. The van der Waals surface area contributed by atoms with Crippen LogP contribution in [0, 0.1) is 0 Å². The Hall–Kier alpha value is -1.05. The van der Waals surface area contributed by atoms with E-state index in [1.165, 1.54) is 17.7 Å². The second kappa shape index (κ2) is 10.5. The minimum Gasteiger partial charge on any atom is -0.485 e. The maximum atomic E-state index is 11.9. The van der Waals surface area contributed by atoms with Gasteiger partial charge < -0.3 is 9.84 Å². The van der Waals surface area contributed by atoms with E-state index in [4.69, 9.17) is 4.74 Å². The molecule has 2 rings (SSSR count). The molecule has 1 aliphatic rings. The van der Waals surface area contributed by atoms with E-state index in [0.717, 1.165) is 37.9 Å². The minimum absolute atomic E-state index is 0.290. The molecule has 0 unspecified atom stereocenters. The van der Waals surface area contributed by atoms with Crippen LogP contribution in [0.15, 0.2) is 18.2 Å². The van der Waals surface area contributed by atoms with Gasteiger partial charge in [-0.2, -0.15) is 0 Å². The van der Waals surface area contributed by atoms with Crippen molar-refractivity contribution in [2.75, 3.05) is 23.9 Å². The first-order valence-corrected chi connectivity index (χ1v) is 12.0. The van der Waals surface area contributed by atoms with Crippen LogP contribution in [0.5, 0.6) is 5.75 Å². The summed E-state index contributed by atoms with van der Waals surface area (Å²) in [4.78, 5) is 13.3. The summed E-state index contributed by atoms with van der Waals surface area (Å²) in [5.74, 6) is 1.08. The molecule has 5 nitrogen and oxygen atoms in total. The number of carboxylic acid groups (broad SMARTS) is 1. The largest absolute Gasteiger partial charge is 0.485 e. The molecule has 1 N–H and O–H groups in total. The number of amides is 1. The van der Waals surface area contributed by atoms with Gasteiger partial charge in [0.1, 0.15) is 11.4 Å². The van der Waals surface area contributed by atoms with Crippen LogP contribution < -0.4 is 9.64 Å². The van der Waals surface area contributed by atoms with Crippen LogP contribution in [-0.2, 0) is 6.42 Å². The first-order valence-electron chi connectivity index (χ1n) is 9.74. The molecule has 0 fully saturated rings. The molecule has 27 heavy (non-hydrogen) atoms. The van der Waals surface area contributed by atoms with Crippen molar-refractivity contribution < 1.29 is 14.6 Å². The van der Waals surface area contributed by atoms with Gasteiger partial charge in [0, 0.05) is 25.1 Å². The third kappa shape index (κ3) is 6.50. The molecule has 0 atom stereocenters. The molecule has 0 saturated heterocycles. The molecular formula is C20H32N2O3S2. The SMILES string of the molecule is CCCCN(CCCC)SSCN(C(=O)O)c1cccc2c1OC(C)(C)C2. The van der Waals surface area contributed by atoms with Gasteiger partial charge in [-0.15, -0.1) is 0 Å². The highest BCUT2D eigenvalue weighted by Crippen LogP contribution is 2.43. The number of benzene rings is 1. The van der Waals surface area contributed by atoms with Crippen molar-refractivity contribution in [3.05, 3.63) is 23.8 Å². The van der Waals surface area contributed by atoms with Gasteiger partial charge in [-0.05, 0) is 43.7 Å². The van der Waals surface area contributed by atoms with Crippen LogP contribution >= 0.6 is 21.8 Å². The molecule has 0 aliphatic carbocycles. The fraction of sp³-hybridized carbons (Fsp3) is 0.650. The number of hydrogen-bond donors (Lipinski definition) is 1. The van der Waals surface area contributed by atoms with E-state index in [1.54, 1.807) is 21.8 Å². The van der Waals surface area contributed by atoms with Gasteiger partial charge in [-0.3, -0.25) is 4.90 Å². The number of nitrogens with zero attached hydrogens (tertiary/aromatic N) is 2. The van der Waals surface area contributed by atoms with Crippen molar-refractivity contribution in [1.29, 1.82) is 0 Å². The van der Waals surface area contributed by atoms with E-state index in [2.05, 4.69) is 18.2 Å². The van der Waals surface area contributed by atoms with Crippen LogP contribution in [-0.4, -0.2) is 40.1 Å². The third-order valence-electron chi connectivity index (χ3n) is 4.45. The molecule has 1 aromatic rings. The maximum Gasteiger partial charge on any atom is 0.412 e. The summed E-state index contributed by atoms with van der Waals surface area (Å²) < 4.78 is 8.41. The topological polar surface area (TPSA) is 53.0 Å². The van der Waals surface area contributed by atoms with Crippen LogP contribution in [0.4, 0.5) is 10.5 Å². The number of unbranched alkanes of at least 4 members (excludes halogenated alkanes) is 2. The van der Waals surface area contributed by atoms with Gasteiger partial charge in [-0.25, -0.2) is 9.10 Å². The normalized spacial score (nSPS) is 14.9. The van der Waals surface area contributed by atoms with Crippen molar-refractivity contribution in [3.63, 3.8) is 0 Å². The number of rotatable bonds is 11. The quantitative estimate of drug-likeness (QED) is 0.272. The molecule has 0 spiro atoms. The summed E-state index contributed by atoms with van der Waals surface area (Å²) in [5.41, 5.74) is 1.43. The average Bonchev–Trinajstić information content (AvgIpc) is 2.94. The van der Waals surface area contributed by atoms with Gasteiger partial charge in [0.05, 0.1) is 11.6 Å². The molecule has 1 heterocycles. The summed E-state index contributed by atoms with van der Waals surface area (Å²) in [6, 6.07) is 5.78. The molecule has 152 valence electrons. The number of hydrogen-bond acceptors (Lipinski definition) is 5. The Morgan fingerprint density at radius 3 is 2.48 bits per heavy atom.